The first kappa shape index (κ1) is 19.9. The molecule has 0 spiro atoms. The van der Waals surface area contributed by atoms with Crippen molar-refractivity contribution in [2.24, 2.45) is 10.8 Å². The fourth-order valence-corrected chi connectivity index (χ4v) is 4.31. The first-order chi connectivity index (χ1) is 11.4. The van der Waals surface area contributed by atoms with Gasteiger partial charge in [-0.15, -0.1) is 0 Å². The lowest BCUT2D eigenvalue weighted by molar-refractivity contribution is 0.0970. The number of nitrogens with zero attached hydrogens (tertiary/aromatic N) is 1. The van der Waals surface area contributed by atoms with Gasteiger partial charge in [0, 0.05) is 12.6 Å². The van der Waals surface area contributed by atoms with Gasteiger partial charge in [-0.1, -0.05) is 58.9 Å². The summed E-state index contributed by atoms with van der Waals surface area (Å²) in [4.78, 5) is 0. The van der Waals surface area contributed by atoms with Crippen LogP contribution in [0.5, 0.6) is 0 Å². The molecule has 3 atom stereocenters. The van der Waals surface area contributed by atoms with Crippen molar-refractivity contribution in [3.63, 3.8) is 0 Å². The zero-order chi connectivity index (χ0) is 18.9. The van der Waals surface area contributed by atoms with E-state index in [2.05, 4.69) is 65.1 Å². The Morgan fingerprint density at radius 3 is 2.32 bits per heavy atom. The Bertz CT molecular complexity index is 621. The molecular formula is C22H34N2O. The van der Waals surface area contributed by atoms with Crippen molar-refractivity contribution in [3.05, 3.63) is 35.4 Å². The molecule has 1 aliphatic carbocycles. The van der Waals surface area contributed by atoms with Crippen LogP contribution in [0.2, 0.25) is 0 Å². The van der Waals surface area contributed by atoms with Crippen LogP contribution in [0.1, 0.15) is 78.0 Å². The summed E-state index contributed by atoms with van der Waals surface area (Å²) in [5.41, 5.74) is 2.21. The van der Waals surface area contributed by atoms with E-state index in [-0.39, 0.29) is 22.3 Å². The van der Waals surface area contributed by atoms with Gasteiger partial charge in [0.1, 0.15) is 0 Å². The third-order valence-corrected chi connectivity index (χ3v) is 5.40. The topological polar surface area (TPSA) is 56.0 Å². The number of aliphatic hydroxyl groups is 1. The van der Waals surface area contributed by atoms with Crippen LogP contribution >= 0.6 is 0 Å². The summed E-state index contributed by atoms with van der Waals surface area (Å²) in [5.74, 6) is 0. The minimum Gasteiger partial charge on any atom is -0.387 e. The summed E-state index contributed by atoms with van der Waals surface area (Å²) in [6.07, 6.45) is 2.31. The summed E-state index contributed by atoms with van der Waals surface area (Å²) in [6.45, 7) is 13.6. The van der Waals surface area contributed by atoms with Crippen molar-refractivity contribution in [1.82, 2.24) is 5.32 Å². The number of nitrogens with one attached hydrogen (secondary N) is 1. The monoisotopic (exact) mass is 342 g/mol. The summed E-state index contributed by atoms with van der Waals surface area (Å²) < 4.78 is 0. The molecule has 0 amide bonds. The van der Waals surface area contributed by atoms with Crippen molar-refractivity contribution < 1.29 is 5.11 Å². The molecule has 1 fully saturated rings. The van der Waals surface area contributed by atoms with Crippen LogP contribution in [0.15, 0.2) is 24.3 Å². The molecule has 3 heteroatoms. The molecular weight excluding hydrogens is 308 g/mol. The van der Waals surface area contributed by atoms with E-state index in [0.29, 0.717) is 6.54 Å². The van der Waals surface area contributed by atoms with E-state index in [0.717, 1.165) is 24.8 Å². The fraction of sp³-hybridized carbons (Fsp3) is 0.682. The number of rotatable bonds is 4. The quantitative estimate of drug-likeness (QED) is 0.833. The lowest BCUT2D eigenvalue weighted by Crippen LogP contribution is -2.45. The van der Waals surface area contributed by atoms with Gasteiger partial charge in [0.05, 0.1) is 17.6 Å². The largest absolute Gasteiger partial charge is 0.387 e. The molecule has 1 aromatic carbocycles. The average Bonchev–Trinajstić information content (AvgIpc) is 2.50. The van der Waals surface area contributed by atoms with Crippen molar-refractivity contribution in [2.75, 3.05) is 6.54 Å². The molecule has 0 aliphatic heterocycles. The van der Waals surface area contributed by atoms with Gasteiger partial charge in [-0.25, -0.2) is 0 Å². The fourth-order valence-electron chi connectivity index (χ4n) is 4.31. The third-order valence-electron chi connectivity index (χ3n) is 5.40. The van der Waals surface area contributed by atoms with Gasteiger partial charge < -0.3 is 10.4 Å². The standard InChI is InChI=1S/C22H34N2O/c1-20(2,3)17-9-7-16(8-10-17)19(25)13-24-18-11-21(4,5)14-22(6,12-18)15-23/h7-10,18-19,24-25H,11-14H2,1-6H3. The van der Waals surface area contributed by atoms with Crippen LogP contribution in [0.25, 0.3) is 0 Å². The summed E-state index contributed by atoms with van der Waals surface area (Å²) >= 11 is 0. The minimum absolute atomic E-state index is 0.122. The van der Waals surface area contributed by atoms with Crippen molar-refractivity contribution >= 4 is 0 Å². The number of hydrogen-bond acceptors (Lipinski definition) is 3. The zero-order valence-corrected chi connectivity index (χ0v) is 16.7. The molecule has 138 valence electrons. The van der Waals surface area contributed by atoms with Gasteiger partial charge in [-0.3, -0.25) is 0 Å². The first-order valence-corrected chi connectivity index (χ1v) is 9.37. The molecule has 0 heterocycles. The van der Waals surface area contributed by atoms with Crippen molar-refractivity contribution in [3.8, 4) is 6.07 Å². The summed E-state index contributed by atoms with van der Waals surface area (Å²) in [5, 5.41) is 23.6. The van der Waals surface area contributed by atoms with Crippen LogP contribution in [-0.4, -0.2) is 17.7 Å². The molecule has 0 radical (unpaired) electrons. The van der Waals surface area contributed by atoms with E-state index in [9.17, 15) is 10.4 Å². The highest BCUT2D eigenvalue weighted by Crippen LogP contribution is 2.45. The highest BCUT2D eigenvalue weighted by molar-refractivity contribution is 5.28. The SMILES string of the molecule is CC1(C)CC(NCC(O)c2ccc(C(C)(C)C)cc2)CC(C)(C#N)C1. The Kier molecular flexibility index (Phi) is 5.66. The molecule has 0 bridgehead atoms. The number of aliphatic hydroxyl groups excluding tert-OH is 1. The maximum absolute atomic E-state index is 10.5. The van der Waals surface area contributed by atoms with Crippen LogP contribution in [0, 0.1) is 22.2 Å². The third kappa shape index (κ3) is 5.30. The van der Waals surface area contributed by atoms with Gasteiger partial charge in [-0.05, 0) is 48.1 Å². The lowest BCUT2D eigenvalue weighted by Gasteiger charge is -2.43. The average molecular weight is 343 g/mol. The van der Waals surface area contributed by atoms with Crippen LogP contribution in [0.4, 0.5) is 0 Å². The normalized spacial score (nSPS) is 27.5. The maximum atomic E-state index is 10.5. The van der Waals surface area contributed by atoms with Crippen LogP contribution in [-0.2, 0) is 5.41 Å². The molecule has 2 rings (SSSR count). The molecule has 25 heavy (non-hydrogen) atoms. The second-order valence-electron chi connectivity index (χ2n) is 9.91. The van der Waals surface area contributed by atoms with Gasteiger partial charge in [-0.2, -0.15) is 5.26 Å². The molecule has 3 unspecified atom stereocenters. The zero-order valence-electron chi connectivity index (χ0n) is 16.7. The van der Waals surface area contributed by atoms with E-state index >= 15 is 0 Å². The molecule has 2 N–H and O–H groups in total. The van der Waals surface area contributed by atoms with Gasteiger partial charge in [0.2, 0.25) is 0 Å². The second kappa shape index (κ2) is 7.09. The molecule has 1 aromatic rings. The van der Waals surface area contributed by atoms with Crippen molar-refractivity contribution in [2.45, 2.75) is 78.4 Å². The Morgan fingerprint density at radius 2 is 1.80 bits per heavy atom. The van der Waals surface area contributed by atoms with E-state index < -0.39 is 6.10 Å². The van der Waals surface area contributed by atoms with E-state index in [1.54, 1.807) is 0 Å². The highest BCUT2D eigenvalue weighted by Gasteiger charge is 2.41. The Labute approximate surface area is 153 Å². The van der Waals surface area contributed by atoms with Crippen LogP contribution < -0.4 is 5.32 Å². The molecule has 1 saturated carbocycles. The lowest BCUT2D eigenvalue weighted by atomic mass is 9.63. The molecule has 3 nitrogen and oxygen atoms in total. The minimum atomic E-state index is -0.521. The molecule has 0 aromatic heterocycles. The van der Waals surface area contributed by atoms with E-state index in [1.807, 2.05) is 12.1 Å². The predicted octanol–water partition coefficient (Wildman–Crippen LogP) is 4.72. The van der Waals surface area contributed by atoms with Gasteiger partial charge in [0.25, 0.3) is 0 Å². The summed E-state index contributed by atoms with van der Waals surface area (Å²) in [6, 6.07) is 11.0. The Morgan fingerprint density at radius 1 is 1.20 bits per heavy atom. The number of hydrogen-bond donors (Lipinski definition) is 2. The molecule has 0 saturated heterocycles. The van der Waals surface area contributed by atoms with Gasteiger partial charge in [0.15, 0.2) is 0 Å². The van der Waals surface area contributed by atoms with Gasteiger partial charge >= 0.3 is 0 Å². The Balaban J connectivity index is 1.97. The van der Waals surface area contributed by atoms with Crippen molar-refractivity contribution in [1.29, 1.82) is 5.26 Å². The smallest absolute Gasteiger partial charge is 0.0914 e. The predicted molar refractivity (Wildman–Crippen MR) is 103 cm³/mol. The summed E-state index contributed by atoms with van der Waals surface area (Å²) in [7, 11) is 0. The number of nitriles is 1. The maximum Gasteiger partial charge on any atom is 0.0914 e. The first-order valence-electron chi connectivity index (χ1n) is 9.37. The van der Waals surface area contributed by atoms with E-state index in [1.165, 1.54) is 5.56 Å². The second-order valence-corrected chi connectivity index (χ2v) is 9.91. The number of benzene rings is 1. The molecule has 1 aliphatic rings. The highest BCUT2D eigenvalue weighted by atomic mass is 16.3. The van der Waals surface area contributed by atoms with E-state index in [4.69, 9.17) is 0 Å². The Hall–Kier alpha value is -1.37. The van der Waals surface area contributed by atoms with Crippen LogP contribution in [0.3, 0.4) is 0 Å².